The lowest BCUT2D eigenvalue weighted by atomic mass is 10.4. The van der Waals surface area contributed by atoms with Crippen molar-refractivity contribution in [2.24, 2.45) is 0 Å². The SMILES string of the molecule is Cc1cc(CSc2ccccn2)on1. The summed E-state index contributed by atoms with van der Waals surface area (Å²) >= 11 is 1.64. The molecule has 0 atom stereocenters. The summed E-state index contributed by atoms with van der Waals surface area (Å²) < 4.78 is 5.09. The van der Waals surface area contributed by atoms with E-state index in [1.807, 2.05) is 31.2 Å². The van der Waals surface area contributed by atoms with Crippen molar-refractivity contribution < 1.29 is 4.52 Å². The summed E-state index contributed by atoms with van der Waals surface area (Å²) in [4.78, 5) is 4.20. The quantitative estimate of drug-likeness (QED) is 0.724. The Kier molecular flexibility index (Phi) is 2.84. The molecule has 14 heavy (non-hydrogen) atoms. The summed E-state index contributed by atoms with van der Waals surface area (Å²) in [5.41, 5.74) is 0.918. The van der Waals surface area contributed by atoms with Crippen molar-refractivity contribution in [2.45, 2.75) is 17.7 Å². The van der Waals surface area contributed by atoms with Gasteiger partial charge in [0.2, 0.25) is 0 Å². The molecule has 2 heterocycles. The standard InChI is InChI=1S/C10H10N2OS/c1-8-6-9(13-12-8)7-14-10-4-2-3-5-11-10/h2-6H,7H2,1H3. The number of hydrogen-bond donors (Lipinski definition) is 0. The van der Waals surface area contributed by atoms with E-state index in [1.165, 1.54) is 0 Å². The molecule has 0 bridgehead atoms. The van der Waals surface area contributed by atoms with Gasteiger partial charge in [-0.2, -0.15) is 0 Å². The molecule has 0 aliphatic carbocycles. The Bertz CT molecular complexity index is 400. The Morgan fingerprint density at radius 3 is 3.00 bits per heavy atom. The molecule has 2 aromatic heterocycles. The lowest BCUT2D eigenvalue weighted by Crippen LogP contribution is -1.79. The third-order valence-corrected chi connectivity index (χ3v) is 2.64. The van der Waals surface area contributed by atoms with Crippen LogP contribution in [0.25, 0.3) is 0 Å². The van der Waals surface area contributed by atoms with Gasteiger partial charge in [-0.15, -0.1) is 0 Å². The normalized spacial score (nSPS) is 10.4. The van der Waals surface area contributed by atoms with Gasteiger partial charge in [0.25, 0.3) is 0 Å². The molecule has 72 valence electrons. The topological polar surface area (TPSA) is 38.9 Å². The molecule has 0 radical (unpaired) electrons. The van der Waals surface area contributed by atoms with Gasteiger partial charge in [0.1, 0.15) is 5.76 Å². The maximum absolute atomic E-state index is 5.09. The molecule has 0 fully saturated rings. The largest absolute Gasteiger partial charge is 0.360 e. The van der Waals surface area contributed by atoms with Crippen molar-refractivity contribution in [1.82, 2.24) is 10.1 Å². The van der Waals surface area contributed by atoms with E-state index in [9.17, 15) is 0 Å². The van der Waals surface area contributed by atoms with E-state index in [-0.39, 0.29) is 0 Å². The van der Waals surface area contributed by atoms with Gasteiger partial charge in [0.05, 0.1) is 16.5 Å². The first kappa shape index (κ1) is 9.27. The molecule has 0 aromatic carbocycles. The van der Waals surface area contributed by atoms with Gasteiger partial charge < -0.3 is 4.52 Å². The predicted octanol–water partition coefficient (Wildman–Crippen LogP) is 2.67. The van der Waals surface area contributed by atoms with Crippen molar-refractivity contribution in [3.05, 3.63) is 41.9 Å². The molecular formula is C10H10N2OS. The monoisotopic (exact) mass is 206 g/mol. The molecule has 0 spiro atoms. The summed E-state index contributed by atoms with van der Waals surface area (Å²) in [6.07, 6.45) is 1.79. The Balaban J connectivity index is 1.95. The Hall–Kier alpha value is -1.29. The number of thioether (sulfide) groups is 1. The molecule has 0 N–H and O–H groups in total. The van der Waals surface area contributed by atoms with Crippen LogP contribution in [0.3, 0.4) is 0 Å². The van der Waals surface area contributed by atoms with E-state index in [0.29, 0.717) is 0 Å². The van der Waals surface area contributed by atoms with E-state index in [0.717, 1.165) is 22.2 Å². The van der Waals surface area contributed by atoms with Crippen LogP contribution in [0.4, 0.5) is 0 Å². The first-order chi connectivity index (χ1) is 6.84. The lowest BCUT2D eigenvalue weighted by molar-refractivity contribution is 0.391. The van der Waals surface area contributed by atoms with Gasteiger partial charge in [-0.05, 0) is 19.1 Å². The van der Waals surface area contributed by atoms with E-state index < -0.39 is 0 Å². The van der Waals surface area contributed by atoms with Crippen LogP contribution in [0.2, 0.25) is 0 Å². The minimum absolute atomic E-state index is 0.776. The predicted molar refractivity (Wildman–Crippen MR) is 55.0 cm³/mol. The summed E-state index contributed by atoms with van der Waals surface area (Å²) in [5.74, 6) is 1.66. The fraction of sp³-hybridized carbons (Fsp3) is 0.200. The summed E-state index contributed by atoms with van der Waals surface area (Å²) in [5, 5.41) is 4.82. The Labute approximate surface area is 86.5 Å². The third kappa shape index (κ3) is 2.35. The summed E-state index contributed by atoms with van der Waals surface area (Å²) in [6, 6.07) is 7.80. The Morgan fingerprint density at radius 1 is 1.43 bits per heavy atom. The maximum Gasteiger partial charge on any atom is 0.147 e. The van der Waals surface area contributed by atoms with Gasteiger partial charge in [0, 0.05) is 12.3 Å². The van der Waals surface area contributed by atoms with Gasteiger partial charge in [-0.25, -0.2) is 4.98 Å². The molecule has 4 heteroatoms. The van der Waals surface area contributed by atoms with Gasteiger partial charge in [-0.1, -0.05) is 23.0 Å². The summed E-state index contributed by atoms with van der Waals surface area (Å²) in [6.45, 7) is 1.92. The second-order valence-corrected chi connectivity index (χ2v) is 3.89. The molecule has 0 saturated heterocycles. The van der Waals surface area contributed by atoms with Crippen molar-refractivity contribution in [2.75, 3.05) is 0 Å². The number of hydrogen-bond acceptors (Lipinski definition) is 4. The lowest BCUT2D eigenvalue weighted by Gasteiger charge is -1.95. The van der Waals surface area contributed by atoms with E-state index in [1.54, 1.807) is 18.0 Å². The highest BCUT2D eigenvalue weighted by molar-refractivity contribution is 7.98. The minimum Gasteiger partial charge on any atom is -0.360 e. The van der Waals surface area contributed by atoms with Crippen LogP contribution in [-0.4, -0.2) is 10.1 Å². The van der Waals surface area contributed by atoms with Crippen molar-refractivity contribution >= 4 is 11.8 Å². The Morgan fingerprint density at radius 2 is 2.36 bits per heavy atom. The van der Waals surface area contributed by atoms with Crippen LogP contribution in [0.5, 0.6) is 0 Å². The second kappa shape index (κ2) is 4.28. The highest BCUT2D eigenvalue weighted by Gasteiger charge is 2.01. The van der Waals surface area contributed by atoms with Gasteiger partial charge in [0.15, 0.2) is 0 Å². The zero-order chi connectivity index (χ0) is 9.80. The van der Waals surface area contributed by atoms with Gasteiger partial charge in [-0.3, -0.25) is 0 Å². The van der Waals surface area contributed by atoms with Crippen LogP contribution < -0.4 is 0 Å². The molecular weight excluding hydrogens is 196 g/mol. The molecule has 2 aromatic rings. The van der Waals surface area contributed by atoms with Crippen molar-refractivity contribution in [3.63, 3.8) is 0 Å². The average molecular weight is 206 g/mol. The molecule has 0 unspecified atom stereocenters. The third-order valence-electron chi connectivity index (χ3n) is 1.68. The first-order valence-corrected chi connectivity index (χ1v) is 5.29. The molecule has 0 aliphatic rings. The molecule has 0 amide bonds. The highest BCUT2D eigenvalue weighted by atomic mass is 32.2. The highest BCUT2D eigenvalue weighted by Crippen LogP contribution is 2.20. The van der Waals surface area contributed by atoms with Crippen LogP contribution >= 0.6 is 11.8 Å². The van der Waals surface area contributed by atoms with Crippen LogP contribution in [0.15, 0.2) is 40.0 Å². The number of aryl methyl sites for hydroxylation is 1. The van der Waals surface area contributed by atoms with E-state index in [2.05, 4.69) is 10.1 Å². The number of rotatable bonds is 3. The van der Waals surface area contributed by atoms with E-state index in [4.69, 9.17) is 4.52 Å². The van der Waals surface area contributed by atoms with E-state index >= 15 is 0 Å². The fourth-order valence-electron chi connectivity index (χ4n) is 1.06. The van der Waals surface area contributed by atoms with Crippen LogP contribution in [0, 0.1) is 6.92 Å². The number of aromatic nitrogens is 2. The zero-order valence-corrected chi connectivity index (χ0v) is 8.62. The smallest absolute Gasteiger partial charge is 0.147 e. The second-order valence-electron chi connectivity index (χ2n) is 2.89. The average Bonchev–Trinajstić information content (AvgIpc) is 2.63. The maximum atomic E-state index is 5.09. The first-order valence-electron chi connectivity index (χ1n) is 4.30. The molecule has 3 nitrogen and oxygen atoms in total. The molecule has 0 aliphatic heterocycles. The number of nitrogens with zero attached hydrogens (tertiary/aromatic N) is 2. The zero-order valence-electron chi connectivity index (χ0n) is 7.80. The summed E-state index contributed by atoms with van der Waals surface area (Å²) in [7, 11) is 0. The van der Waals surface area contributed by atoms with Crippen molar-refractivity contribution in [1.29, 1.82) is 0 Å². The van der Waals surface area contributed by atoms with Crippen LogP contribution in [-0.2, 0) is 5.75 Å². The molecule has 2 rings (SSSR count). The molecule has 0 saturated carbocycles. The minimum atomic E-state index is 0.776. The van der Waals surface area contributed by atoms with Crippen molar-refractivity contribution in [3.8, 4) is 0 Å². The number of pyridine rings is 1. The van der Waals surface area contributed by atoms with Gasteiger partial charge >= 0.3 is 0 Å². The van der Waals surface area contributed by atoms with Crippen LogP contribution in [0.1, 0.15) is 11.5 Å². The fourth-order valence-corrected chi connectivity index (χ4v) is 1.80.